The van der Waals surface area contributed by atoms with Gasteiger partial charge in [0.25, 0.3) is 5.91 Å². The van der Waals surface area contributed by atoms with Gasteiger partial charge in [-0.15, -0.1) is 0 Å². The summed E-state index contributed by atoms with van der Waals surface area (Å²) in [5, 5.41) is 2.91. The second kappa shape index (κ2) is 8.81. The molecular weight excluding hydrogens is 331 g/mol. The third-order valence-electron chi connectivity index (χ3n) is 4.91. The summed E-state index contributed by atoms with van der Waals surface area (Å²) >= 11 is 0. The number of benzene rings is 2. The number of ether oxygens (including phenoxy) is 1. The van der Waals surface area contributed by atoms with E-state index in [4.69, 9.17) is 4.74 Å². The molecule has 3 rings (SSSR count). The van der Waals surface area contributed by atoms with Gasteiger partial charge in [0.2, 0.25) is 0 Å². The van der Waals surface area contributed by atoms with Crippen LogP contribution >= 0.6 is 0 Å². The van der Waals surface area contributed by atoms with Gasteiger partial charge in [0, 0.05) is 6.54 Å². The van der Waals surface area contributed by atoms with E-state index in [1.54, 1.807) is 19.2 Å². The molecule has 1 aliphatic heterocycles. The minimum absolute atomic E-state index is 0.0666. The maximum absolute atomic E-state index is 13.8. The fourth-order valence-corrected chi connectivity index (χ4v) is 3.44. The molecule has 1 saturated heterocycles. The molecule has 0 aromatic heterocycles. The lowest BCUT2D eigenvalue weighted by atomic mass is 10.0. The average molecular weight is 356 g/mol. The van der Waals surface area contributed by atoms with E-state index >= 15 is 0 Å². The number of carbonyl (C=O) groups excluding carboxylic acids is 1. The molecule has 0 spiro atoms. The van der Waals surface area contributed by atoms with Crippen molar-refractivity contribution < 1.29 is 13.9 Å². The summed E-state index contributed by atoms with van der Waals surface area (Å²) in [5.41, 5.74) is 1.21. The molecule has 2 aromatic carbocycles. The van der Waals surface area contributed by atoms with Gasteiger partial charge in [-0.1, -0.05) is 30.7 Å². The maximum atomic E-state index is 13.8. The number of nitrogens with one attached hydrogen (secondary N) is 1. The van der Waals surface area contributed by atoms with Crippen molar-refractivity contribution in [3.05, 3.63) is 65.5 Å². The first-order valence-corrected chi connectivity index (χ1v) is 9.10. The highest BCUT2D eigenvalue weighted by Crippen LogP contribution is 2.26. The first kappa shape index (κ1) is 18.4. The smallest absolute Gasteiger partial charge is 0.254 e. The Morgan fingerprint density at radius 1 is 1.12 bits per heavy atom. The van der Waals surface area contributed by atoms with Gasteiger partial charge >= 0.3 is 0 Å². The lowest BCUT2D eigenvalue weighted by molar-refractivity contribution is 0.0920. The standard InChI is InChI=1S/C21H25FN2O2/c1-26-17-11-9-16(10-12-17)20(24-13-5-2-6-14-24)15-23-21(25)18-7-3-4-8-19(18)22/h3-4,7-12,20H,2,5-6,13-15H2,1H3,(H,23,25). The van der Waals surface area contributed by atoms with E-state index in [0.29, 0.717) is 6.54 Å². The normalized spacial score (nSPS) is 16.1. The van der Waals surface area contributed by atoms with E-state index in [2.05, 4.69) is 10.2 Å². The Labute approximate surface area is 154 Å². The number of carbonyl (C=O) groups is 1. The maximum Gasteiger partial charge on any atom is 0.254 e. The molecule has 2 aromatic rings. The van der Waals surface area contributed by atoms with Crippen LogP contribution in [-0.2, 0) is 0 Å². The van der Waals surface area contributed by atoms with Gasteiger partial charge in [-0.2, -0.15) is 0 Å². The second-order valence-corrected chi connectivity index (χ2v) is 6.58. The van der Waals surface area contributed by atoms with Crippen LogP contribution in [0.15, 0.2) is 48.5 Å². The van der Waals surface area contributed by atoms with Crippen LogP contribution < -0.4 is 10.1 Å². The predicted molar refractivity (Wildman–Crippen MR) is 99.9 cm³/mol. The third kappa shape index (κ3) is 4.41. The first-order chi connectivity index (χ1) is 12.7. The highest BCUT2D eigenvalue weighted by atomic mass is 19.1. The Morgan fingerprint density at radius 2 is 1.81 bits per heavy atom. The Morgan fingerprint density at radius 3 is 2.46 bits per heavy atom. The van der Waals surface area contributed by atoms with Crippen molar-refractivity contribution in [1.82, 2.24) is 10.2 Å². The highest BCUT2D eigenvalue weighted by molar-refractivity contribution is 5.94. The van der Waals surface area contributed by atoms with Crippen molar-refractivity contribution in [2.75, 3.05) is 26.7 Å². The fraction of sp³-hybridized carbons (Fsp3) is 0.381. The monoisotopic (exact) mass is 356 g/mol. The van der Waals surface area contributed by atoms with Crippen LogP contribution in [0.2, 0.25) is 0 Å². The molecule has 1 heterocycles. The van der Waals surface area contributed by atoms with Gasteiger partial charge in [0.1, 0.15) is 11.6 Å². The number of piperidine rings is 1. The molecular formula is C21H25FN2O2. The Balaban J connectivity index is 1.74. The Bertz CT molecular complexity index is 727. The van der Waals surface area contributed by atoms with Crippen molar-refractivity contribution in [2.24, 2.45) is 0 Å². The number of methoxy groups -OCH3 is 1. The lowest BCUT2D eigenvalue weighted by Crippen LogP contribution is -2.40. The minimum Gasteiger partial charge on any atom is -0.497 e. The summed E-state index contributed by atoms with van der Waals surface area (Å²) in [6.45, 7) is 2.46. The molecule has 138 valence electrons. The molecule has 0 aliphatic carbocycles. The van der Waals surface area contributed by atoms with E-state index in [-0.39, 0.29) is 17.5 Å². The average Bonchev–Trinajstić information content (AvgIpc) is 2.69. The van der Waals surface area contributed by atoms with Gasteiger partial charge in [-0.25, -0.2) is 4.39 Å². The summed E-state index contributed by atoms with van der Waals surface area (Å²) in [6, 6.07) is 14.1. The zero-order chi connectivity index (χ0) is 18.4. The summed E-state index contributed by atoms with van der Waals surface area (Å²) in [4.78, 5) is 14.8. The molecule has 26 heavy (non-hydrogen) atoms. The van der Waals surface area contributed by atoms with Crippen LogP contribution in [0.1, 0.15) is 41.2 Å². The molecule has 1 fully saturated rings. The van der Waals surface area contributed by atoms with Crippen LogP contribution in [-0.4, -0.2) is 37.6 Å². The molecule has 5 heteroatoms. The summed E-state index contributed by atoms with van der Waals surface area (Å²) in [6.07, 6.45) is 3.56. The fourth-order valence-electron chi connectivity index (χ4n) is 3.44. The molecule has 1 N–H and O–H groups in total. The topological polar surface area (TPSA) is 41.6 Å². The Kier molecular flexibility index (Phi) is 6.23. The van der Waals surface area contributed by atoms with Gasteiger partial charge in [0.15, 0.2) is 0 Å². The van der Waals surface area contributed by atoms with E-state index in [1.165, 1.54) is 18.6 Å². The van der Waals surface area contributed by atoms with Crippen molar-refractivity contribution >= 4 is 5.91 Å². The number of halogens is 1. The van der Waals surface area contributed by atoms with Crippen molar-refractivity contribution in [1.29, 1.82) is 0 Å². The van der Waals surface area contributed by atoms with Gasteiger partial charge in [0.05, 0.1) is 18.7 Å². The van der Waals surface area contributed by atoms with E-state index in [9.17, 15) is 9.18 Å². The van der Waals surface area contributed by atoms with Crippen LogP contribution in [0.4, 0.5) is 4.39 Å². The molecule has 0 saturated carbocycles. The molecule has 1 atom stereocenters. The summed E-state index contributed by atoms with van der Waals surface area (Å²) in [7, 11) is 1.64. The molecule has 1 unspecified atom stereocenters. The quantitative estimate of drug-likeness (QED) is 0.856. The zero-order valence-corrected chi connectivity index (χ0v) is 15.1. The van der Waals surface area contributed by atoms with Crippen molar-refractivity contribution in [3.63, 3.8) is 0 Å². The molecule has 1 aliphatic rings. The largest absolute Gasteiger partial charge is 0.497 e. The van der Waals surface area contributed by atoms with E-state index in [0.717, 1.165) is 37.2 Å². The third-order valence-corrected chi connectivity index (χ3v) is 4.91. The molecule has 1 amide bonds. The van der Waals surface area contributed by atoms with E-state index in [1.807, 2.05) is 24.3 Å². The van der Waals surface area contributed by atoms with Gasteiger partial charge in [-0.05, 0) is 55.8 Å². The summed E-state index contributed by atoms with van der Waals surface area (Å²) in [5.74, 6) is -0.0656. The lowest BCUT2D eigenvalue weighted by Gasteiger charge is -2.35. The Hall–Kier alpha value is -2.40. The van der Waals surface area contributed by atoms with Crippen LogP contribution in [0.25, 0.3) is 0 Å². The molecule has 0 bridgehead atoms. The number of likely N-dealkylation sites (tertiary alicyclic amines) is 1. The highest BCUT2D eigenvalue weighted by Gasteiger charge is 2.23. The van der Waals surface area contributed by atoms with Crippen molar-refractivity contribution in [3.8, 4) is 5.75 Å². The summed E-state index contributed by atoms with van der Waals surface area (Å²) < 4.78 is 19.1. The second-order valence-electron chi connectivity index (χ2n) is 6.58. The number of rotatable bonds is 6. The van der Waals surface area contributed by atoms with Crippen LogP contribution in [0.5, 0.6) is 5.75 Å². The number of nitrogens with zero attached hydrogens (tertiary/aromatic N) is 1. The molecule has 4 nitrogen and oxygen atoms in total. The minimum atomic E-state index is -0.496. The first-order valence-electron chi connectivity index (χ1n) is 9.10. The SMILES string of the molecule is COc1ccc(C(CNC(=O)c2ccccc2F)N2CCCCC2)cc1. The number of amides is 1. The van der Waals surface area contributed by atoms with Crippen LogP contribution in [0, 0.1) is 5.82 Å². The van der Waals surface area contributed by atoms with Crippen LogP contribution in [0.3, 0.4) is 0 Å². The number of hydrogen-bond acceptors (Lipinski definition) is 3. The molecule has 0 radical (unpaired) electrons. The van der Waals surface area contributed by atoms with Crippen molar-refractivity contribution in [2.45, 2.75) is 25.3 Å². The zero-order valence-electron chi connectivity index (χ0n) is 15.1. The number of hydrogen-bond donors (Lipinski definition) is 1. The van der Waals surface area contributed by atoms with Gasteiger partial charge < -0.3 is 10.1 Å². The van der Waals surface area contributed by atoms with E-state index < -0.39 is 5.82 Å². The van der Waals surface area contributed by atoms with Gasteiger partial charge in [-0.3, -0.25) is 9.69 Å². The predicted octanol–water partition coefficient (Wildman–Crippen LogP) is 3.79.